The molecule has 0 spiro atoms. The Bertz CT molecular complexity index is 928. The van der Waals surface area contributed by atoms with Crippen molar-refractivity contribution in [1.29, 1.82) is 0 Å². The minimum absolute atomic E-state index is 0.00908. The van der Waals surface area contributed by atoms with Crippen LogP contribution in [0.4, 0.5) is 0 Å². The molecular weight excluding hydrogens is 322 g/mol. The zero-order valence-corrected chi connectivity index (χ0v) is 15.8. The van der Waals surface area contributed by atoms with Gasteiger partial charge in [0.1, 0.15) is 5.82 Å². The summed E-state index contributed by atoms with van der Waals surface area (Å²) in [7, 11) is 0. The zero-order valence-electron chi connectivity index (χ0n) is 15.8. The average molecular weight is 349 g/mol. The third kappa shape index (κ3) is 3.70. The van der Waals surface area contributed by atoms with E-state index < -0.39 is 0 Å². The zero-order chi connectivity index (χ0) is 18.5. The molecule has 0 aliphatic rings. The maximum Gasteiger partial charge on any atom is 0.266 e. The highest BCUT2D eigenvalue weighted by Gasteiger charge is 2.19. The first-order valence-electron chi connectivity index (χ1n) is 9.47. The number of para-hydroxylation sites is 1. The molecule has 0 radical (unpaired) electrons. The molecule has 4 nitrogen and oxygen atoms in total. The number of nitrogens with one attached hydrogen (secondary N) is 1. The molecule has 0 unspecified atom stereocenters. The van der Waals surface area contributed by atoms with Crippen LogP contribution in [0.25, 0.3) is 16.6 Å². The summed E-state index contributed by atoms with van der Waals surface area (Å²) in [6.45, 7) is 7.28. The number of aryl methyl sites for hydroxylation is 1. The Morgan fingerprint density at radius 3 is 2.50 bits per heavy atom. The third-order valence-corrected chi connectivity index (χ3v) is 4.73. The predicted molar refractivity (Wildman–Crippen MR) is 108 cm³/mol. The molecule has 0 saturated heterocycles. The van der Waals surface area contributed by atoms with E-state index >= 15 is 0 Å². The van der Waals surface area contributed by atoms with Crippen molar-refractivity contribution in [3.8, 4) is 5.69 Å². The first-order valence-corrected chi connectivity index (χ1v) is 9.47. The van der Waals surface area contributed by atoms with Crippen molar-refractivity contribution >= 4 is 10.9 Å². The maximum atomic E-state index is 13.3. The van der Waals surface area contributed by atoms with E-state index in [0.29, 0.717) is 5.39 Å². The van der Waals surface area contributed by atoms with Gasteiger partial charge in [0.2, 0.25) is 0 Å². The summed E-state index contributed by atoms with van der Waals surface area (Å²) >= 11 is 0. The van der Waals surface area contributed by atoms with Crippen molar-refractivity contribution in [2.75, 3.05) is 6.54 Å². The van der Waals surface area contributed by atoms with Crippen LogP contribution in [-0.2, 0) is 0 Å². The molecule has 1 heterocycles. The van der Waals surface area contributed by atoms with Crippen LogP contribution in [-0.4, -0.2) is 16.1 Å². The van der Waals surface area contributed by atoms with E-state index in [1.807, 2.05) is 55.5 Å². The molecule has 4 heteroatoms. The molecule has 0 amide bonds. The van der Waals surface area contributed by atoms with Gasteiger partial charge < -0.3 is 5.32 Å². The summed E-state index contributed by atoms with van der Waals surface area (Å²) in [6.07, 6.45) is 3.12. The fourth-order valence-electron chi connectivity index (χ4n) is 3.20. The van der Waals surface area contributed by atoms with Gasteiger partial charge in [-0.05, 0) is 50.6 Å². The Balaban J connectivity index is 2.20. The summed E-state index contributed by atoms with van der Waals surface area (Å²) in [5.41, 5.74) is 2.78. The Kier molecular flexibility index (Phi) is 5.84. The molecule has 26 heavy (non-hydrogen) atoms. The van der Waals surface area contributed by atoms with E-state index in [1.54, 1.807) is 4.57 Å². The molecule has 1 aromatic heterocycles. The van der Waals surface area contributed by atoms with Crippen LogP contribution >= 0.6 is 0 Å². The van der Waals surface area contributed by atoms with Crippen LogP contribution in [0.2, 0.25) is 0 Å². The first kappa shape index (κ1) is 18.3. The number of nitrogens with zero attached hydrogens (tertiary/aromatic N) is 2. The Hall–Kier alpha value is -2.46. The number of hydrogen-bond acceptors (Lipinski definition) is 3. The highest BCUT2D eigenvalue weighted by molar-refractivity contribution is 5.77. The molecule has 2 aromatic carbocycles. The van der Waals surface area contributed by atoms with Gasteiger partial charge in [-0.1, -0.05) is 50.1 Å². The molecular formula is C22H27N3O. The second-order valence-corrected chi connectivity index (χ2v) is 6.73. The lowest BCUT2D eigenvalue weighted by Gasteiger charge is -2.22. The minimum atomic E-state index is -0.00908. The highest BCUT2D eigenvalue weighted by Crippen LogP contribution is 2.20. The smallest absolute Gasteiger partial charge is 0.266 e. The van der Waals surface area contributed by atoms with Gasteiger partial charge >= 0.3 is 0 Å². The first-order chi connectivity index (χ1) is 12.7. The van der Waals surface area contributed by atoms with Crippen molar-refractivity contribution in [1.82, 2.24) is 14.9 Å². The average Bonchev–Trinajstić information content (AvgIpc) is 2.66. The van der Waals surface area contributed by atoms with Crippen LogP contribution in [0.3, 0.4) is 0 Å². The molecule has 1 N–H and O–H groups in total. The minimum Gasteiger partial charge on any atom is -0.307 e. The number of rotatable bonds is 7. The fraction of sp³-hybridized carbons (Fsp3) is 0.364. The largest absolute Gasteiger partial charge is 0.307 e. The number of fused-ring (bicyclic) bond motifs is 1. The SMILES string of the molecule is CCCCN[C@@H](CC)c1nc2ccccc2c(=O)n1-c1ccc(C)cc1. The van der Waals surface area contributed by atoms with Crippen molar-refractivity contribution in [3.63, 3.8) is 0 Å². The predicted octanol–water partition coefficient (Wildman–Crippen LogP) is 4.53. The number of aromatic nitrogens is 2. The molecule has 3 rings (SSSR count). The topological polar surface area (TPSA) is 46.9 Å². The number of hydrogen-bond donors (Lipinski definition) is 1. The van der Waals surface area contributed by atoms with E-state index in [2.05, 4.69) is 19.2 Å². The van der Waals surface area contributed by atoms with Gasteiger partial charge in [-0.15, -0.1) is 0 Å². The normalized spacial score (nSPS) is 12.4. The third-order valence-electron chi connectivity index (χ3n) is 4.73. The summed E-state index contributed by atoms with van der Waals surface area (Å²) in [4.78, 5) is 18.2. The van der Waals surface area contributed by atoms with Gasteiger partial charge in [0.05, 0.1) is 22.6 Å². The Labute approximate surface area is 154 Å². The molecule has 0 bridgehead atoms. The lowest BCUT2D eigenvalue weighted by Crippen LogP contribution is -2.31. The van der Waals surface area contributed by atoms with Crippen LogP contribution < -0.4 is 10.9 Å². The summed E-state index contributed by atoms with van der Waals surface area (Å²) in [6, 6.07) is 15.7. The van der Waals surface area contributed by atoms with Crippen molar-refractivity contribution < 1.29 is 0 Å². The maximum absolute atomic E-state index is 13.3. The number of benzene rings is 2. The van der Waals surface area contributed by atoms with Crippen LogP contribution in [0.1, 0.15) is 50.5 Å². The summed E-state index contributed by atoms with van der Waals surface area (Å²) in [5.74, 6) is 0.788. The summed E-state index contributed by atoms with van der Waals surface area (Å²) in [5, 5.41) is 4.23. The fourth-order valence-corrected chi connectivity index (χ4v) is 3.20. The molecule has 136 valence electrons. The van der Waals surface area contributed by atoms with Crippen LogP contribution in [0, 0.1) is 6.92 Å². The van der Waals surface area contributed by atoms with E-state index in [4.69, 9.17) is 4.98 Å². The van der Waals surface area contributed by atoms with Gasteiger partial charge in [0.25, 0.3) is 5.56 Å². The monoisotopic (exact) mass is 349 g/mol. The molecule has 0 fully saturated rings. The molecule has 3 aromatic rings. The van der Waals surface area contributed by atoms with Crippen molar-refractivity contribution in [3.05, 3.63) is 70.3 Å². The van der Waals surface area contributed by atoms with Crippen molar-refractivity contribution in [2.45, 2.75) is 46.1 Å². The quantitative estimate of drug-likeness (QED) is 0.637. The second kappa shape index (κ2) is 8.28. The van der Waals surface area contributed by atoms with E-state index in [-0.39, 0.29) is 11.6 Å². The van der Waals surface area contributed by atoms with E-state index in [9.17, 15) is 4.79 Å². The van der Waals surface area contributed by atoms with Crippen LogP contribution in [0.15, 0.2) is 53.3 Å². The van der Waals surface area contributed by atoms with Gasteiger partial charge in [-0.3, -0.25) is 9.36 Å². The van der Waals surface area contributed by atoms with Gasteiger partial charge in [0, 0.05) is 0 Å². The molecule has 0 saturated carbocycles. The lowest BCUT2D eigenvalue weighted by atomic mass is 10.1. The van der Waals surface area contributed by atoms with Gasteiger partial charge in [-0.25, -0.2) is 4.98 Å². The summed E-state index contributed by atoms with van der Waals surface area (Å²) < 4.78 is 1.77. The van der Waals surface area contributed by atoms with Crippen molar-refractivity contribution in [2.24, 2.45) is 0 Å². The highest BCUT2D eigenvalue weighted by atomic mass is 16.1. The number of unbranched alkanes of at least 4 members (excludes halogenated alkanes) is 1. The van der Waals surface area contributed by atoms with Gasteiger partial charge in [0.15, 0.2) is 0 Å². The standard InChI is InChI=1S/C22H27N3O/c1-4-6-15-23-19(5-2)21-24-20-10-8-7-9-18(20)22(26)25(21)17-13-11-16(3)12-14-17/h7-14,19,23H,4-6,15H2,1-3H3/t19-/m0/s1. The van der Waals surface area contributed by atoms with Crippen LogP contribution in [0.5, 0.6) is 0 Å². The molecule has 0 aliphatic carbocycles. The second-order valence-electron chi connectivity index (χ2n) is 6.73. The Morgan fingerprint density at radius 1 is 1.08 bits per heavy atom. The Morgan fingerprint density at radius 2 is 1.81 bits per heavy atom. The van der Waals surface area contributed by atoms with E-state index in [1.165, 1.54) is 5.56 Å². The lowest BCUT2D eigenvalue weighted by molar-refractivity contribution is 0.476. The molecule has 1 atom stereocenters. The van der Waals surface area contributed by atoms with E-state index in [0.717, 1.165) is 42.8 Å². The molecule has 0 aliphatic heterocycles. The van der Waals surface area contributed by atoms with Gasteiger partial charge in [-0.2, -0.15) is 0 Å².